The van der Waals surface area contributed by atoms with Crippen molar-refractivity contribution in [3.63, 3.8) is 0 Å². The van der Waals surface area contributed by atoms with E-state index in [1.807, 2.05) is 13.8 Å². The third kappa shape index (κ3) is 5.98. The highest BCUT2D eigenvalue weighted by molar-refractivity contribution is 5.87. The van der Waals surface area contributed by atoms with Crippen LogP contribution >= 0.6 is 0 Å². The Morgan fingerprint density at radius 3 is 2.19 bits per heavy atom. The van der Waals surface area contributed by atoms with E-state index in [1.54, 1.807) is 6.08 Å². The zero-order valence-corrected chi connectivity index (χ0v) is 9.40. The van der Waals surface area contributed by atoms with Crippen molar-refractivity contribution >= 4 is 11.9 Å². The molecule has 0 aromatic heterocycles. The van der Waals surface area contributed by atoms with Gasteiger partial charge in [-0.3, -0.25) is 0 Å². The van der Waals surface area contributed by atoms with E-state index in [2.05, 4.69) is 6.58 Å². The molecule has 0 saturated heterocycles. The molecule has 0 aliphatic carbocycles. The summed E-state index contributed by atoms with van der Waals surface area (Å²) in [5.74, 6) is -2.11. The molecule has 90 valence electrons. The van der Waals surface area contributed by atoms with Crippen LogP contribution in [0.15, 0.2) is 23.8 Å². The fourth-order valence-electron chi connectivity index (χ4n) is 0.929. The molecular formula is C11H16O5. The summed E-state index contributed by atoms with van der Waals surface area (Å²) in [6.07, 6.45) is 1.56. The lowest BCUT2D eigenvalue weighted by molar-refractivity contribution is -0.133. The van der Waals surface area contributed by atoms with Crippen LogP contribution < -0.4 is 0 Å². The SMILES string of the molecule is C=C(COCC(=CC(C)C)C(=O)O)C(=O)O. The molecule has 0 amide bonds. The minimum atomic E-state index is -1.15. The predicted molar refractivity (Wildman–Crippen MR) is 58.2 cm³/mol. The smallest absolute Gasteiger partial charge is 0.333 e. The van der Waals surface area contributed by atoms with E-state index in [1.165, 1.54) is 0 Å². The molecule has 0 bridgehead atoms. The maximum absolute atomic E-state index is 10.8. The number of aliphatic carboxylic acids is 2. The Hall–Kier alpha value is -1.62. The lowest BCUT2D eigenvalue weighted by Gasteiger charge is -2.06. The summed E-state index contributed by atoms with van der Waals surface area (Å²) < 4.78 is 4.95. The average Bonchev–Trinajstić information content (AvgIpc) is 2.14. The summed E-state index contributed by atoms with van der Waals surface area (Å²) in [5, 5.41) is 17.3. The van der Waals surface area contributed by atoms with Gasteiger partial charge in [0.1, 0.15) is 0 Å². The maximum Gasteiger partial charge on any atom is 0.333 e. The lowest BCUT2D eigenvalue weighted by atomic mass is 10.1. The van der Waals surface area contributed by atoms with Crippen LogP contribution in [0, 0.1) is 5.92 Å². The van der Waals surface area contributed by atoms with Crippen molar-refractivity contribution in [2.75, 3.05) is 13.2 Å². The second-order valence-corrected chi connectivity index (χ2v) is 3.64. The average molecular weight is 228 g/mol. The molecular weight excluding hydrogens is 212 g/mol. The van der Waals surface area contributed by atoms with Crippen LogP contribution in [-0.4, -0.2) is 35.4 Å². The molecule has 0 aromatic rings. The zero-order valence-electron chi connectivity index (χ0n) is 9.40. The molecule has 5 heteroatoms. The van der Waals surface area contributed by atoms with Gasteiger partial charge in [-0.15, -0.1) is 0 Å². The summed E-state index contributed by atoms with van der Waals surface area (Å²) in [6, 6.07) is 0. The Labute approximate surface area is 94.0 Å². The Morgan fingerprint density at radius 2 is 1.81 bits per heavy atom. The van der Waals surface area contributed by atoms with Gasteiger partial charge in [0.2, 0.25) is 0 Å². The number of carboxylic acids is 2. The van der Waals surface area contributed by atoms with Crippen LogP contribution in [-0.2, 0) is 14.3 Å². The number of carboxylic acid groups (broad SMARTS) is 2. The molecule has 5 nitrogen and oxygen atoms in total. The second-order valence-electron chi connectivity index (χ2n) is 3.64. The first-order valence-corrected chi connectivity index (χ1v) is 4.77. The summed E-state index contributed by atoms with van der Waals surface area (Å²) in [4.78, 5) is 21.1. The number of carbonyl (C=O) groups is 2. The lowest BCUT2D eigenvalue weighted by Crippen LogP contribution is -2.13. The van der Waals surface area contributed by atoms with Crippen molar-refractivity contribution in [3.8, 4) is 0 Å². The summed E-state index contributed by atoms with van der Waals surface area (Å²) in [5.41, 5.74) is 0.0162. The van der Waals surface area contributed by atoms with E-state index in [4.69, 9.17) is 14.9 Å². The predicted octanol–water partition coefficient (Wildman–Crippen LogP) is 1.31. The highest BCUT2D eigenvalue weighted by atomic mass is 16.5. The Kier molecular flexibility index (Phi) is 6.10. The highest BCUT2D eigenvalue weighted by Crippen LogP contribution is 2.04. The minimum absolute atomic E-state index is 0.0948. The topological polar surface area (TPSA) is 83.8 Å². The molecule has 0 saturated carbocycles. The van der Waals surface area contributed by atoms with E-state index in [0.717, 1.165) is 0 Å². The van der Waals surface area contributed by atoms with Crippen molar-refractivity contribution in [1.82, 2.24) is 0 Å². The monoisotopic (exact) mass is 228 g/mol. The zero-order chi connectivity index (χ0) is 12.7. The number of allylic oxidation sites excluding steroid dienone is 1. The first-order chi connectivity index (χ1) is 7.34. The number of hydrogen-bond donors (Lipinski definition) is 2. The van der Waals surface area contributed by atoms with E-state index >= 15 is 0 Å². The van der Waals surface area contributed by atoms with Crippen LogP contribution in [0.4, 0.5) is 0 Å². The van der Waals surface area contributed by atoms with Crippen molar-refractivity contribution in [3.05, 3.63) is 23.8 Å². The Bertz CT molecular complexity index is 314. The fourth-order valence-corrected chi connectivity index (χ4v) is 0.929. The van der Waals surface area contributed by atoms with Crippen LogP contribution in [0.5, 0.6) is 0 Å². The largest absolute Gasteiger partial charge is 0.478 e. The molecule has 0 unspecified atom stereocenters. The fraction of sp³-hybridized carbons (Fsp3) is 0.455. The Morgan fingerprint density at radius 1 is 1.25 bits per heavy atom. The van der Waals surface area contributed by atoms with Crippen molar-refractivity contribution in [2.24, 2.45) is 5.92 Å². The molecule has 0 rings (SSSR count). The molecule has 2 N–H and O–H groups in total. The summed E-state index contributed by atoms with van der Waals surface area (Å²) >= 11 is 0. The molecule has 0 atom stereocenters. The maximum atomic E-state index is 10.8. The van der Waals surface area contributed by atoms with Gasteiger partial charge in [0.15, 0.2) is 0 Å². The van der Waals surface area contributed by atoms with Crippen LogP contribution in [0.25, 0.3) is 0 Å². The summed E-state index contributed by atoms with van der Waals surface area (Å²) in [7, 11) is 0. The Balaban J connectivity index is 4.20. The van der Waals surface area contributed by atoms with Crippen molar-refractivity contribution in [1.29, 1.82) is 0 Å². The third-order valence-electron chi connectivity index (χ3n) is 1.65. The summed E-state index contributed by atoms with van der Waals surface area (Å²) in [6.45, 7) is 6.65. The number of ether oxygens (including phenoxy) is 1. The van der Waals surface area contributed by atoms with Crippen LogP contribution in [0.2, 0.25) is 0 Å². The third-order valence-corrected chi connectivity index (χ3v) is 1.65. The molecule has 0 aliphatic heterocycles. The van der Waals surface area contributed by atoms with Gasteiger partial charge >= 0.3 is 11.9 Å². The second kappa shape index (κ2) is 6.79. The molecule has 0 radical (unpaired) electrons. The first kappa shape index (κ1) is 14.4. The molecule has 0 aromatic carbocycles. The quantitative estimate of drug-likeness (QED) is 0.642. The van der Waals surface area contributed by atoms with Crippen LogP contribution in [0.3, 0.4) is 0 Å². The van der Waals surface area contributed by atoms with Gasteiger partial charge in [-0.05, 0) is 5.92 Å². The van der Waals surface area contributed by atoms with Gasteiger partial charge in [0.05, 0.1) is 24.4 Å². The standard InChI is InChI=1S/C11H16O5/c1-7(2)4-9(11(14)15)6-16-5-8(3)10(12)13/h4,7H,3,5-6H2,1-2H3,(H,12,13)(H,14,15). The van der Waals surface area contributed by atoms with Gasteiger partial charge in [-0.2, -0.15) is 0 Å². The first-order valence-electron chi connectivity index (χ1n) is 4.77. The van der Waals surface area contributed by atoms with Gasteiger partial charge < -0.3 is 14.9 Å². The molecule has 0 aliphatic rings. The number of rotatable bonds is 7. The molecule has 0 heterocycles. The van der Waals surface area contributed by atoms with E-state index < -0.39 is 11.9 Å². The van der Waals surface area contributed by atoms with Crippen molar-refractivity contribution < 1.29 is 24.5 Å². The highest BCUT2D eigenvalue weighted by Gasteiger charge is 2.10. The van der Waals surface area contributed by atoms with E-state index in [9.17, 15) is 9.59 Å². The molecule has 0 spiro atoms. The number of hydrogen-bond acceptors (Lipinski definition) is 3. The molecule has 0 fully saturated rings. The van der Waals surface area contributed by atoms with E-state index in [0.29, 0.717) is 0 Å². The van der Waals surface area contributed by atoms with Gasteiger partial charge in [0, 0.05) is 0 Å². The van der Waals surface area contributed by atoms with Crippen LogP contribution in [0.1, 0.15) is 13.8 Å². The van der Waals surface area contributed by atoms with Crippen molar-refractivity contribution in [2.45, 2.75) is 13.8 Å². The van der Waals surface area contributed by atoms with Gasteiger partial charge in [0.25, 0.3) is 0 Å². The van der Waals surface area contributed by atoms with Gasteiger partial charge in [-0.25, -0.2) is 9.59 Å². The van der Waals surface area contributed by atoms with E-state index in [-0.39, 0.29) is 30.3 Å². The van der Waals surface area contributed by atoms with Gasteiger partial charge in [-0.1, -0.05) is 26.5 Å². The normalized spacial score (nSPS) is 11.6. The minimum Gasteiger partial charge on any atom is -0.478 e. The molecule has 16 heavy (non-hydrogen) atoms.